The van der Waals surface area contributed by atoms with Crippen LogP contribution in [0.1, 0.15) is 24.1 Å². The van der Waals surface area contributed by atoms with Gasteiger partial charge >= 0.3 is 0 Å². The lowest BCUT2D eigenvalue weighted by Crippen LogP contribution is -2.18. The maximum absolute atomic E-state index is 5.93. The van der Waals surface area contributed by atoms with E-state index in [9.17, 15) is 0 Å². The summed E-state index contributed by atoms with van der Waals surface area (Å²) in [6.07, 6.45) is 0.911. The second-order valence-electron chi connectivity index (χ2n) is 4.79. The Hall–Kier alpha value is -1.03. The van der Waals surface area contributed by atoms with Crippen LogP contribution < -0.4 is 10.1 Å². The molecule has 0 bridgehead atoms. The highest BCUT2D eigenvalue weighted by molar-refractivity contribution is 9.10. The number of ether oxygens (including phenoxy) is 1. The van der Waals surface area contributed by atoms with Gasteiger partial charge in [-0.1, -0.05) is 29.8 Å². The van der Waals surface area contributed by atoms with Crippen LogP contribution in [-0.4, -0.2) is 13.7 Å². The molecule has 0 aliphatic rings. The summed E-state index contributed by atoms with van der Waals surface area (Å²) in [6.45, 7) is 2.65. The molecule has 1 unspecified atom stereocenters. The van der Waals surface area contributed by atoms with E-state index in [1.165, 1.54) is 11.1 Å². The van der Waals surface area contributed by atoms with Crippen LogP contribution in [0.2, 0.25) is 5.02 Å². The highest BCUT2D eigenvalue weighted by Gasteiger charge is 2.12. The first-order chi connectivity index (χ1) is 10.1. The number of nitrogens with one attached hydrogen (secondary N) is 1. The van der Waals surface area contributed by atoms with Gasteiger partial charge in [-0.05, 0) is 71.7 Å². The SMILES string of the molecule is CCOc1ccc(C(Cc2ccc(Cl)cc2)NC)cc1Br. The Bertz CT molecular complexity index is 586. The van der Waals surface area contributed by atoms with Crippen molar-refractivity contribution in [2.24, 2.45) is 0 Å². The molecule has 2 rings (SSSR count). The minimum atomic E-state index is 0.248. The van der Waals surface area contributed by atoms with Crippen LogP contribution in [0.25, 0.3) is 0 Å². The van der Waals surface area contributed by atoms with Crippen molar-refractivity contribution in [3.05, 3.63) is 63.1 Å². The van der Waals surface area contributed by atoms with Gasteiger partial charge in [0.25, 0.3) is 0 Å². The Morgan fingerprint density at radius 1 is 1.19 bits per heavy atom. The molecule has 1 atom stereocenters. The topological polar surface area (TPSA) is 21.3 Å². The number of likely N-dealkylation sites (N-methyl/N-ethyl adjacent to an activating group) is 1. The zero-order chi connectivity index (χ0) is 15.2. The van der Waals surface area contributed by atoms with E-state index in [-0.39, 0.29) is 6.04 Å². The quantitative estimate of drug-likeness (QED) is 0.774. The number of halogens is 2. The number of hydrogen-bond donors (Lipinski definition) is 1. The average Bonchev–Trinajstić information content (AvgIpc) is 2.49. The molecule has 1 N–H and O–H groups in total. The molecule has 0 amide bonds. The average molecular weight is 369 g/mol. The van der Waals surface area contributed by atoms with Gasteiger partial charge in [-0.25, -0.2) is 0 Å². The summed E-state index contributed by atoms with van der Waals surface area (Å²) in [4.78, 5) is 0. The zero-order valence-corrected chi connectivity index (χ0v) is 14.5. The highest BCUT2D eigenvalue weighted by Crippen LogP contribution is 2.29. The van der Waals surface area contributed by atoms with Crippen molar-refractivity contribution in [1.29, 1.82) is 0 Å². The second-order valence-corrected chi connectivity index (χ2v) is 6.09. The fraction of sp³-hybridized carbons (Fsp3) is 0.294. The summed E-state index contributed by atoms with van der Waals surface area (Å²) >= 11 is 9.50. The van der Waals surface area contributed by atoms with Crippen LogP contribution in [0.3, 0.4) is 0 Å². The maximum Gasteiger partial charge on any atom is 0.133 e. The normalized spacial score (nSPS) is 12.2. The Kier molecular flexibility index (Phi) is 6.09. The third kappa shape index (κ3) is 4.47. The molecule has 0 aliphatic carbocycles. The van der Waals surface area contributed by atoms with E-state index in [1.54, 1.807) is 0 Å². The third-order valence-corrected chi connectivity index (χ3v) is 4.23. The van der Waals surface area contributed by atoms with Crippen molar-refractivity contribution >= 4 is 27.5 Å². The van der Waals surface area contributed by atoms with Gasteiger partial charge in [0.15, 0.2) is 0 Å². The monoisotopic (exact) mass is 367 g/mol. The first-order valence-corrected chi connectivity index (χ1v) is 8.15. The van der Waals surface area contributed by atoms with Gasteiger partial charge in [0.05, 0.1) is 11.1 Å². The molecule has 21 heavy (non-hydrogen) atoms. The van der Waals surface area contributed by atoms with Gasteiger partial charge in [-0.3, -0.25) is 0 Å². The minimum absolute atomic E-state index is 0.248. The summed E-state index contributed by atoms with van der Waals surface area (Å²) in [7, 11) is 1.98. The molecule has 0 aliphatic heterocycles. The lowest BCUT2D eigenvalue weighted by Gasteiger charge is -2.18. The van der Waals surface area contributed by atoms with Crippen LogP contribution in [0.4, 0.5) is 0 Å². The molecular weight excluding hydrogens is 350 g/mol. The van der Waals surface area contributed by atoms with Gasteiger partial charge in [-0.15, -0.1) is 0 Å². The smallest absolute Gasteiger partial charge is 0.133 e. The minimum Gasteiger partial charge on any atom is -0.493 e. The van der Waals surface area contributed by atoms with E-state index in [4.69, 9.17) is 16.3 Å². The summed E-state index contributed by atoms with van der Waals surface area (Å²) in [5, 5.41) is 4.13. The lowest BCUT2D eigenvalue weighted by molar-refractivity contribution is 0.338. The molecule has 0 spiro atoms. The summed E-state index contributed by atoms with van der Waals surface area (Å²) < 4.78 is 6.54. The van der Waals surface area contributed by atoms with Crippen molar-refractivity contribution in [3.63, 3.8) is 0 Å². The van der Waals surface area contributed by atoms with E-state index >= 15 is 0 Å². The van der Waals surface area contributed by atoms with Gasteiger partial charge in [0, 0.05) is 11.1 Å². The largest absolute Gasteiger partial charge is 0.493 e. The van der Waals surface area contributed by atoms with Crippen LogP contribution in [-0.2, 0) is 6.42 Å². The van der Waals surface area contributed by atoms with E-state index in [0.29, 0.717) is 6.61 Å². The molecule has 2 aromatic carbocycles. The summed E-state index contributed by atoms with van der Waals surface area (Å²) in [5.41, 5.74) is 2.48. The van der Waals surface area contributed by atoms with Crippen molar-refractivity contribution in [1.82, 2.24) is 5.32 Å². The molecule has 112 valence electrons. The van der Waals surface area contributed by atoms with Crippen LogP contribution in [0, 0.1) is 0 Å². The number of rotatable bonds is 6. The fourth-order valence-electron chi connectivity index (χ4n) is 2.25. The maximum atomic E-state index is 5.93. The van der Waals surface area contributed by atoms with Gasteiger partial charge in [0.1, 0.15) is 5.75 Å². The van der Waals surface area contributed by atoms with Gasteiger partial charge < -0.3 is 10.1 Å². The predicted molar refractivity (Wildman–Crippen MR) is 92.3 cm³/mol. The fourth-order valence-corrected chi connectivity index (χ4v) is 2.89. The molecule has 4 heteroatoms. The van der Waals surface area contributed by atoms with Crippen molar-refractivity contribution in [3.8, 4) is 5.75 Å². The first kappa shape index (κ1) is 16.3. The number of benzene rings is 2. The van der Waals surface area contributed by atoms with E-state index in [1.807, 2.05) is 32.2 Å². The molecular formula is C17H19BrClNO. The first-order valence-electron chi connectivity index (χ1n) is 6.98. The second kappa shape index (κ2) is 7.83. The van der Waals surface area contributed by atoms with Crippen molar-refractivity contribution in [2.45, 2.75) is 19.4 Å². The van der Waals surface area contributed by atoms with Gasteiger partial charge in [0.2, 0.25) is 0 Å². The van der Waals surface area contributed by atoms with Crippen LogP contribution >= 0.6 is 27.5 Å². The van der Waals surface area contributed by atoms with Crippen LogP contribution in [0.15, 0.2) is 46.9 Å². The standard InChI is InChI=1S/C17H19BrClNO/c1-3-21-17-9-6-13(11-15(17)18)16(20-2)10-12-4-7-14(19)8-5-12/h4-9,11,16,20H,3,10H2,1-2H3. The Morgan fingerprint density at radius 3 is 2.48 bits per heavy atom. The van der Waals surface area contributed by atoms with Crippen molar-refractivity contribution < 1.29 is 4.74 Å². The molecule has 0 heterocycles. The Labute approximate surface area is 139 Å². The highest BCUT2D eigenvalue weighted by atomic mass is 79.9. The van der Waals surface area contributed by atoms with Crippen molar-refractivity contribution in [2.75, 3.05) is 13.7 Å². The van der Waals surface area contributed by atoms with Crippen LogP contribution in [0.5, 0.6) is 5.75 Å². The van der Waals surface area contributed by atoms with E-state index < -0.39 is 0 Å². The molecule has 2 nitrogen and oxygen atoms in total. The molecule has 0 aromatic heterocycles. The molecule has 2 aromatic rings. The Balaban J connectivity index is 2.17. The van der Waals surface area contributed by atoms with E-state index in [0.717, 1.165) is 21.7 Å². The zero-order valence-electron chi connectivity index (χ0n) is 12.2. The molecule has 0 radical (unpaired) electrons. The number of hydrogen-bond acceptors (Lipinski definition) is 2. The Morgan fingerprint density at radius 2 is 1.90 bits per heavy atom. The predicted octanol–water partition coefficient (Wildman–Crippen LogP) is 5.00. The lowest BCUT2D eigenvalue weighted by atomic mass is 9.99. The summed E-state index contributed by atoms with van der Waals surface area (Å²) in [6, 6.07) is 14.5. The summed E-state index contributed by atoms with van der Waals surface area (Å²) in [5.74, 6) is 0.877. The molecule has 0 saturated carbocycles. The molecule has 0 saturated heterocycles. The third-order valence-electron chi connectivity index (χ3n) is 3.36. The van der Waals surface area contributed by atoms with Gasteiger partial charge in [-0.2, -0.15) is 0 Å². The van der Waals surface area contributed by atoms with E-state index in [2.05, 4.69) is 45.5 Å². The molecule has 0 fully saturated rings.